The molecule has 0 N–H and O–H groups in total. The summed E-state index contributed by atoms with van der Waals surface area (Å²) in [5, 5.41) is 1.98. The summed E-state index contributed by atoms with van der Waals surface area (Å²) in [4.78, 5) is 0. The molecule has 2 fully saturated rings. The molecular weight excluding hydrogens is 653 g/mol. The summed E-state index contributed by atoms with van der Waals surface area (Å²) in [6.45, 7) is 12.3. The molecular formula is C31H43Cl2HfP. The molecule has 0 saturated heterocycles. The second-order valence-electron chi connectivity index (χ2n) is 11.6. The fourth-order valence-electron chi connectivity index (χ4n) is 7.15. The molecule has 2 saturated carbocycles. The number of hydrogen-bond acceptors (Lipinski definition) is 0. The van der Waals surface area contributed by atoms with Gasteiger partial charge in [0.1, 0.15) is 0 Å². The smallest absolute Gasteiger partial charge is 1.00 e. The van der Waals surface area contributed by atoms with E-state index in [0.29, 0.717) is 5.41 Å². The molecule has 35 heavy (non-hydrogen) atoms. The second kappa shape index (κ2) is 12.5. The third-order valence-electron chi connectivity index (χ3n) is 9.49. The largest absolute Gasteiger partial charge is 1.00 e. The molecule has 0 aromatic heterocycles. The van der Waals surface area contributed by atoms with Crippen molar-refractivity contribution in [1.82, 2.24) is 0 Å². The molecule has 190 valence electrons. The Morgan fingerprint density at radius 3 is 1.83 bits per heavy atom. The first-order valence-electron chi connectivity index (χ1n) is 13.6. The van der Waals surface area contributed by atoms with E-state index in [0.717, 1.165) is 15.0 Å². The molecule has 0 spiro atoms. The van der Waals surface area contributed by atoms with Crippen molar-refractivity contribution in [3.8, 4) is 0 Å². The molecule has 0 nitrogen and oxygen atoms in total. The SMILES string of the molecule is CC1=C(C)C(C)(C)[C]([Hf+2][CH]2C(P(C3CCCCC3)C3CCCCC3)=Cc3ccccc32)=C1C.[Cl-].[Cl-]. The summed E-state index contributed by atoms with van der Waals surface area (Å²) in [6, 6.07) is 9.55. The van der Waals surface area contributed by atoms with Gasteiger partial charge in [-0.1, -0.05) is 0 Å². The van der Waals surface area contributed by atoms with Crippen LogP contribution in [0, 0.1) is 5.41 Å². The van der Waals surface area contributed by atoms with Gasteiger partial charge < -0.3 is 24.8 Å². The second-order valence-corrected chi connectivity index (χ2v) is 19.3. The number of allylic oxidation sites excluding steroid dienone is 5. The average Bonchev–Trinajstić information content (AvgIpc) is 3.26. The molecule has 0 aliphatic heterocycles. The van der Waals surface area contributed by atoms with Crippen LogP contribution < -0.4 is 24.8 Å². The van der Waals surface area contributed by atoms with Gasteiger partial charge in [-0.2, -0.15) is 0 Å². The summed E-state index contributed by atoms with van der Waals surface area (Å²) in [5.41, 5.74) is 10.5. The van der Waals surface area contributed by atoms with E-state index in [9.17, 15) is 0 Å². The van der Waals surface area contributed by atoms with Gasteiger partial charge in [0, 0.05) is 0 Å². The zero-order valence-electron chi connectivity index (χ0n) is 22.4. The maximum absolute atomic E-state index is 2.76. The van der Waals surface area contributed by atoms with Crippen molar-refractivity contribution in [2.75, 3.05) is 0 Å². The third kappa shape index (κ3) is 5.70. The van der Waals surface area contributed by atoms with E-state index >= 15 is 0 Å². The summed E-state index contributed by atoms with van der Waals surface area (Å²) in [6.07, 6.45) is 17.7. The van der Waals surface area contributed by atoms with Crippen LogP contribution >= 0.6 is 7.92 Å². The monoisotopic (exact) mass is 696 g/mol. The minimum atomic E-state index is -1.10. The van der Waals surface area contributed by atoms with Crippen LogP contribution in [-0.2, 0) is 22.9 Å². The first kappa shape index (κ1) is 29.9. The van der Waals surface area contributed by atoms with Gasteiger partial charge in [-0.25, -0.2) is 0 Å². The van der Waals surface area contributed by atoms with Gasteiger partial charge >= 0.3 is 217 Å². The van der Waals surface area contributed by atoms with Crippen LogP contribution in [-0.4, -0.2) is 11.3 Å². The Kier molecular flexibility index (Phi) is 10.6. The zero-order chi connectivity index (χ0) is 23.2. The van der Waals surface area contributed by atoms with Crippen molar-refractivity contribution < 1.29 is 47.7 Å². The minimum absolute atomic E-state index is 0. The van der Waals surface area contributed by atoms with Crippen LogP contribution in [0.15, 0.2) is 49.6 Å². The molecule has 0 amide bonds. The van der Waals surface area contributed by atoms with Crippen LogP contribution in [0.4, 0.5) is 0 Å². The maximum atomic E-state index is 2.76. The first-order valence-corrected chi connectivity index (χ1v) is 19.0. The van der Waals surface area contributed by atoms with Gasteiger partial charge in [-0.15, -0.1) is 0 Å². The van der Waals surface area contributed by atoms with E-state index in [1.54, 1.807) is 27.8 Å². The normalized spacial score (nSPS) is 24.6. The fourth-order valence-corrected chi connectivity index (χ4v) is 20.1. The zero-order valence-corrected chi connectivity index (χ0v) is 28.4. The van der Waals surface area contributed by atoms with E-state index in [1.165, 1.54) is 64.2 Å². The minimum Gasteiger partial charge on any atom is -1.00 e. The van der Waals surface area contributed by atoms with Gasteiger partial charge in [-0.05, 0) is 0 Å². The number of fused-ring (bicyclic) bond motifs is 1. The van der Waals surface area contributed by atoms with Crippen molar-refractivity contribution in [3.05, 3.63) is 60.8 Å². The van der Waals surface area contributed by atoms with Gasteiger partial charge in [0.05, 0.1) is 0 Å². The summed E-state index contributed by atoms with van der Waals surface area (Å²) in [7, 11) is 0.00229. The third-order valence-corrected chi connectivity index (χ3v) is 21.9. The van der Waals surface area contributed by atoms with E-state index < -0.39 is 22.9 Å². The predicted octanol–water partition coefficient (Wildman–Crippen LogP) is 3.97. The molecule has 1 aromatic carbocycles. The topological polar surface area (TPSA) is 0 Å². The molecule has 4 aliphatic carbocycles. The van der Waals surface area contributed by atoms with Crippen LogP contribution in [0.5, 0.6) is 0 Å². The van der Waals surface area contributed by atoms with Gasteiger partial charge in [0.15, 0.2) is 0 Å². The number of rotatable bonds is 5. The van der Waals surface area contributed by atoms with Gasteiger partial charge in [0.25, 0.3) is 0 Å². The van der Waals surface area contributed by atoms with E-state index in [2.05, 4.69) is 65.0 Å². The molecule has 0 bridgehead atoms. The molecule has 0 radical (unpaired) electrons. The van der Waals surface area contributed by atoms with E-state index in [1.807, 2.05) is 8.64 Å². The quantitative estimate of drug-likeness (QED) is 0.324. The molecule has 4 heteroatoms. The van der Waals surface area contributed by atoms with Crippen molar-refractivity contribution in [1.29, 1.82) is 0 Å². The molecule has 1 atom stereocenters. The van der Waals surface area contributed by atoms with E-state index in [4.69, 9.17) is 0 Å². The molecule has 4 aliphatic rings. The molecule has 5 rings (SSSR count). The number of hydrogen-bond donors (Lipinski definition) is 0. The van der Waals surface area contributed by atoms with Crippen molar-refractivity contribution in [3.63, 3.8) is 0 Å². The van der Waals surface area contributed by atoms with Gasteiger partial charge in [-0.3, -0.25) is 0 Å². The summed E-state index contributed by atoms with van der Waals surface area (Å²) in [5.74, 6) is 0. The predicted molar refractivity (Wildman–Crippen MR) is 143 cm³/mol. The summed E-state index contributed by atoms with van der Waals surface area (Å²) < 4.78 is 2.71. The Hall–Kier alpha value is 0.320. The summed E-state index contributed by atoms with van der Waals surface area (Å²) >= 11 is -1.10. The van der Waals surface area contributed by atoms with Crippen molar-refractivity contribution >= 4 is 14.0 Å². The molecule has 1 unspecified atom stereocenters. The standard InChI is InChI=1S/C21H28P.C10H15.2ClH.Hf/c1-3-11-19(12-4-1)22(20-13-5-2-6-14-20)21-15-17-9-7-8-10-18(17)16-21;1-7-6-10(4,5)9(3)8(7)2;;;/h7-10,15-16,19-20H,1-6,11-14H2;1-5H3;2*1H;/q;;;;+2/p-2. The Bertz CT molecular complexity index is 975. The Morgan fingerprint density at radius 1 is 0.771 bits per heavy atom. The van der Waals surface area contributed by atoms with Crippen molar-refractivity contribution in [2.45, 2.75) is 114 Å². The van der Waals surface area contributed by atoms with E-state index in [-0.39, 0.29) is 32.7 Å². The molecule has 1 aromatic rings. The van der Waals surface area contributed by atoms with Crippen LogP contribution in [0.2, 0.25) is 0 Å². The van der Waals surface area contributed by atoms with Crippen LogP contribution in [0.1, 0.15) is 114 Å². The Morgan fingerprint density at radius 2 is 1.31 bits per heavy atom. The van der Waals surface area contributed by atoms with Crippen molar-refractivity contribution in [2.24, 2.45) is 5.41 Å². The Labute approximate surface area is 240 Å². The van der Waals surface area contributed by atoms with Crippen LogP contribution in [0.25, 0.3) is 6.08 Å². The number of benzene rings is 1. The molecule has 0 heterocycles. The van der Waals surface area contributed by atoms with Crippen LogP contribution in [0.3, 0.4) is 0 Å². The van der Waals surface area contributed by atoms with Gasteiger partial charge in [0.2, 0.25) is 0 Å². The number of halogens is 2. The average molecular weight is 696 g/mol. The fraction of sp³-hybridized carbons (Fsp3) is 0.613. The Balaban J connectivity index is 0.00000171. The maximum Gasteiger partial charge on any atom is -1.00 e. The first-order chi connectivity index (χ1) is 15.9.